The second-order valence-corrected chi connectivity index (χ2v) is 5.14. The van der Waals surface area contributed by atoms with Gasteiger partial charge in [0.15, 0.2) is 5.96 Å². The molecule has 0 radical (unpaired) electrons. The average molecular weight is 427 g/mol. The van der Waals surface area contributed by atoms with Crippen LogP contribution in [0, 0.1) is 0 Å². The fourth-order valence-corrected chi connectivity index (χ4v) is 1.84. The van der Waals surface area contributed by atoms with E-state index in [1.54, 1.807) is 19.0 Å². The van der Waals surface area contributed by atoms with E-state index in [0.717, 1.165) is 45.1 Å². The molecule has 0 bridgehead atoms. The van der Waals surface area contributed by atoms with E-state index in [0.29, 0.717) is 0 Å². The van der Waals surface area contributed by atoms with E-state index in [4.69, 9.17) is 0 Å². The Morgan fingerprint density at radius 2 is 1.68 bits per heavy atom. The van der Waals surface area contributed by atoms with Crippen LogP contribution < -0.4 is 10.6 Å². The Morgan fingerprint density at radius 1 is 1.05 bits per heavy atom. The highest BCUT2D eigenvalue weighted by Gasteiger charge is 2.04. The maximum atomic E-state index is 11.5. The molecule has 6 nitrogen and oxygen atoms in total. The van der Waals surface area contributed by atoms with Crippen LogP contribution in [-0.4, -0.2) is 75.0 Å². The molecule has 0 saturated heterocycles. The minimum Gasteiger partial charge on any atom is -0.357 e. The summed E-state index contributed by atoms with van der Waals surface area (Å²) in [5.74, 6) is 0.726. The monoisotopic (exact) mass is 427 g/mol. The van der Waals surface area contributed by atoms with E-state index in [9.17, 15) is 4.79 Å². The standard InChI is InChI=1S/C15H33N5O.HI/c1-6-16-15(18-13-14(21)19(4)5)17-11-9-10-12-20(7-2)8-3;/h6-13H2,1-5H3,(H2,16,17,18);1H. The van der Waals surface area contributed by atoms with Gasteiger partial charge in [0, 0.05) is 27.2 Å². The third kappa shape index (κ3) is 12.0. The first-order valence-electron chi connectivity index (χ1n) is 7.99. The molecular weight excluding hydrogens is 393 g/mol. The van der Waals surface area contributed by atoms with E-state index >= 15 is 0 Å². The molecule has 0 aliphatic carbocycles. The van der Waals surface area contributed by atoms with Crippen LogP contribution in [0.5, 0.6) is 0 Å². The molecule has 0 rings (SSSR count). The first kappa shape index (κ1) is 23.7. The zero-order chi connectivity index (χ0) is 16.1. The van der Waals surface area contributed by atoms with Gasteiger partial charge in [0.1, 0.15) is 6.54 Å². The Bertz CT molecular complexity index is 306. The van der Waals surface area contributed by atoms with Crippen LogP contribution in [0.4, 0.5) is 0 Å². The number of rotatable bonds is 10. The highest BCUT2D eigenvalue weighted by Crippen LogP contribution is 1.94. The van der Waals surface area contributed by atoms with Gasteiger partial charge in [-0.2, -0.15) is 0 Å². The van der Waals surface area contributed by atoms with Crippen LogP contribution in [-0.2, 0) is 4.79 Å². The van der Waals surface area contributed by atoms with Crippen molar-refractivity contribution < 1.29 is 4.79 Å². The second-order valence-electron chi connectivity index (χ2n) is 5.14. The number of halogens is 1. The quantitative estimate of drug-likeness (QED) is 0.239. The van der Waals surface area contributed by atoms with Crippen molar-refractivity contribution >= 4 is 35.8 Å². The number of hydrogen-bond acceptors (Lipinski definition) is 3. The molecule has 2 N–H and O–H groups in total. The molecule has 0 saturated carbocycles. The van der Waals surface area contributed by atoms with Gasteiger partial charge >= 0.3 is 0 Å². The van der Waals surface area contributed by atoms with Crippen molar-refractivity contribution in [3.8, 4) is 0 Å². The van der Waals surface area contributed by atoms with Crippen molar-refractivity contribution in [1.82, 2.24) is 20.4 Å². The number of carbonyl (C=O) groups excluding carboxylic acids is 1. The predicted molar refractivity (Wildman–Crippen MR) is 105 cm³/mol. The Morgan fingerprint density at radius 3 is 2.18 bits per heavy atom. The topological polar surface area (TPSA) is 60.0 Å². The molecule has 0 aromatic carbocycles. The fraction of sp³-hybridized carbons (Fsp3) is 0.867. The summed E-state index contributed by atoms with van der Waals surface area (Å²) in [5.41, 5.74) is 0. The molecule has 0 aliphatic rings. The van der Waals surface area contributed by atoms with Crippen molar-refractivity contribution in [1.29, 1.82) is 0 Å². The molecule has 7 heteroatoms. The van der Waals surface area contributed by atoms with E-state index in [2.05, 4.69) is 34.4 Å². The molecular formula is C15H34IN5O. The average Bonchev–Trinajstić information content (AvgIpc) is 2.47. The van der Waals surface area contributed by atoms with Gasteiger partial charge in [-0.05, 0) is 39.4 Å². The van der Waals surface area contributed by atoms with Crippen LogP contribution >= 0.6 is 24.0 Å². The molecule has 0 aliphatic heterocycles. The first-order chi connectivity index (χ1) is 10.0. The normalized spacial score (nSPS) is 11.1. The summed E-state index contributed by atoms with van der Waals surface area (Å²) in [5, 5.41) is 6.43. The van der Waals surface area contributed by atoms with Crippen molar-refractivity contribution in [2.45, 2.75) is 33.6 Å². The van der Waals surface area contributed by atoms with Crippen LogP contribution in [0.1, 0.15) is 33.6 Å². The number of carbonyl (C=O) groups is 1. The van der Waals surface area contributed by atoms with Crippen molar-refractivity contribution in [3.63, 3.8) is 0 Å². The summed E-state index contributed by atoms with van der Waals surface area (Å²) < 4.78 is 0. The number of aliphatic imine (C=N–C) groups is 1. The van der Waals surface area contributed by atoms with E-state index in [-0.39, 0.29) is 36.4 Å². The van der Waals surface area contributed by atoms with Crippen molar-refractivity contribution in [2.75, 3.05) is 53.4 Å². The highest BCUT2D eigenvalue weighted by atomic mass is 127. The Labute approximate surface area is 153 Å². The van der Waals surface area contributed by atoms with Crippen LogP contribution in [0.15, 0.2) is 4.99 Å². The zero-order valence-corrected chi connectivity index (χ0v) is 17.1. The smallest absolute Gasteiger partial charge is 0.243 e. The van der Waals surface area contributed by atoms with Gasteiger partial charge in [0.2, 0.25) is 5.91 Å². The maximum Gasteiger partial charge on any atom is 0.243 e. The lowest BCUT2D eigenvalue weighted by molar-refractivity contribution is -0.127. The molecule has 0 atom stereocenters. The molecule has 1 amide bonds. The van der Waals surface area contributed by atoms with E-state index in [1.807, 2.05) is 6.92 Å². The van der Waals surface area contributed by atoms with Gasteiger partial charge in [-0.25, -0.2) is 4.99 Å². The molecule has 0 spiro atoms. The lowest BCUT2D eigenvalue weighted by Crippen LogP contribution is -2.39. The molecule has 22 heavy (non-hydrogen) atoms. The van der Waals surface area contributed by atoms with Crippen LogP contribution in [0.25, 0.3) is 0 Å². The van der Waals surface area contributed by atoms with Gasteiger partial charge in [-0.3, -0.25) is 4.79 Å². The summed E-state index contributed by atoms with van der Waals surface area (Å²) in [6.45, 7) is 11.6. The van der Waals surface area contributed by atoms with Gasteiger partial charge in [0.25, 0.3) is 0 Å². The number of nitrogens with one attached hydrogen (secondary N) is 2. The fourth-order valence-electron chi connectivity index (χ4n) is 1.84. The van der Waals surface area contributed by atoms with E-state index < -0.39 is 0 Å². The second kappa shape index (κ2) is 15.3. The summed E-state index contributed by atoms with van der Waals surface area (Å²) in [4.78, 5) is 19.8. The summed E-state index contributed by atoms with van der Waals surface area (Å²) in [7, 11) is 3.48. The molecule has 0 heterocycles. The summed E-state index contributed by atoms with van der Waals surface area (Å²) >= 11 is 0. The Balaban J connectivity index is 0. The lowest BCUT2D eigenvalue weighted by atomic mass is 10.3. The molecule has 0 aromatic rings. The van der Waals surface area contributed by atoms with E-state index in [1.165, 1.54) is 6.42 Å². The van der Waals surface area contributed by atoms with Gasteiger partial charge in [-0.15, -0.1) is 24.0 Å². The number of nitrogens with zero attached hydrogens (tertiary/aromatic N) is 3. The summed E-state index contributed by atoms with van der Waals surface area (Å²) in [6.07, 6.45) is 2.27. The van der Waals surface area contributed by atoms with Gasteiger partial charge in [-0.1, -0.05) is 13.8 Å². The third-order valence-electron chi connectivity index (χ3n) is 3.30. The molecule has 132 valence electrons. The minimum absolute atomic E-state index is 0. The molecule has 0 fully saturated rings. The Hall–Kier alpha value is -0.570. The first-order valence-corrected chi connectivity index (χ1v) is 7.99. The number of likely N-dealkylation sites (N-methyl/N-ethyl adjacent to an activating group) is 1. The number of hydrogen-bond donors (Lipinski definition) is 2. The molecule has 0 aromatic heterocycles. The van der Waals surface area contributed by atoms with Gasteiger partial charge in [0.05, 0.1) is 0 Å². The zero-order valence-electron chi connectivity index (χ0n) is 14.8. The third-order valence-corrected chi connectivity index (χ3v) is 3.30. The number of unbranched alkanes of at least 4 members (excludes halogenated alkanes) is 1. The maximum absolute atomic E-state index is 11.5. The predicted octanol–water partition coefficient (Wildman–Crippen LogP) is 1.37. The van der Waals surface area contributed by atoms with Crippen LogP contribution in [0.2, 0.25) is 0 Å². The molecule has 0 unspecified atom stereocenters. The van der Waals surface area contributed by atoms with Crippen molar-refractivity contribution in [3.05, 3.63) is 0 Å². The SMILES string of the molecule is CCNC(=NCC(=O)N(C)C)NCCCCN(CC)CC.I. The minimum atomic E-state index is 0. The summed E-state index contributed by atoms with van der Waals surface area (Å²) in [6, 6.07) is 0. The Kier molecular flexibility index (Phi) is 16.5. The number of amides is 1. The van der Waals surface area contributed by atoms with Gasteiger partial charge < -0.3 is 20.4 Å². The van der Waals surface area contributed by atoms with Crippen molar-refractivity contribution in [2.24, 2.45) is 4.99 Å². The number of guanidine groups is 1. The largest absolute Gasteiger partial charge is 0.357 e. The lowest BCUT2D eigenvalue weighted by Gasteiger charge is -2.18. The highest BCUT2D eigenvalue weighted by molar-refractivity contribution is 14.0. The van der Waals surface area contributed by atoms with Crippen LogP contribution in [0.3, 0.4) is 0 Å².